The van der Waals surface area contributed by atoms with Gasteiger partial charge in [0.25, 0.3) is 0 Å². The normalized spacial score (nSPS) is 21.0. The Hall–Kier alpha value is -2.11. The molecule has 2 N–H and O–H groups in total. The first-order valence-corrected chi connectivity index (χ1v) is 6.99. The number of hydrogen-bond donors (Lipinski definition) is 2. The number of carboxylic acids is 1. The predicted molar refractivity (Wildman–Crippen MR) is 74.7 cm³/mol. The lowest BCUT2D eigenvalue weighted by Crippen LogP contribution is -2.30. The highest BCUT2D eigenvalue weighted by molar-refractivity contribution is 5.95. The van der Waals surface area contributed by atoms with Crippen molar-refractivity contribution in [3.8, 4) is 5.75 Å². The Morgan fingerprint density at radius 2 is 2.10 bits per heavy atom. The van der Waals surface area contributed by atoms with E-state index >= 15 is 0 Å². The van der Waals surface area contributed by atoms with Crippen molar-refractivity contribution in [1.29, 1.82) is 0 Å². The van der Waals surface area contributed by atoms with Gasteiger partial charge in [-0.2, -0.15) is 0 Å². The van der Waals surface area contributed by atoms with Crippen LogP contribution in [0.5, 0.6) is 5.75 Å². The second-order valence-electron chi connectivity index (χ2n) is 5.05. The summed E-state index contributed by atoms with van der Waals surface area (Å²) in [7, 11) is 0. The van der Waals surface area contributed by atoms with Gasteiger partial charge in [-0.05, 0) is 31.9 Å². The van der Waals surface area contributed by atoms with Crippen LogP contribution in [0.2, 0.25) is 0 Å². The van der Waals surface area contributed by atoms with Gasteiger partial charge in [-0.1, -0.05) is 6.42 Å². The van der Waals surface area contributed by atoms with Crippen LogP contribution in [0.4, 0.5) is 10.1 Å². The molecule has 6 heteroatoms. The van der Waals surface area contributed by atoms with Crippen molar-refractivity contribution in [3.05, 3.63) is 24.0 Å². The number of rotatable bonds is 5. The fraction of sp³-hybridized carbons (Fsp3) is 0.467. The molecule has 114 valence electrons. The number of amides is 1. The number of benzene rings is 1. The average Bonchev–Trinajstić information content (AvgIpc) is 2.91. The zero-order valence-electron chi connectivity index (χ0n) is 11.8. The monoisotopic (exact) mass is 295 g/mol. The average molecular weight is 295 g/mol. The van der Waals surface area contributed by atoms with Crippen LogP contribution >= 0.6 is 0 Å². The summed E-state index contributed by atoms with van der Waals surface area (Å²) in [4.78, 5) is 23.2. The van der Waals surface area contributed by atoms with Gasteiger partial charge in [0.1, 0.15) is 0 Å². The lowest BCUT2D eigenvalue weighted by Gasteiger charge is -2.16. The number of anilines is 1. The molecule has 2 unspecified atom stereocenters. The lowest BCUT2D eigenvalue weighted by molar-refractivity contribution is -0.145. The molecule has 1 amide bonds. The van der Waals surface area contributed by atoms with E-state index in [1.54, 1.807) is 6.92 Å². The zero-order valence-corrected chi connectivity index (χ0v) is 11.8. The molecular weight excluding hydrogens is 277 g/mol. The molecule has 0 bridgehead atoms. The highest BCUT2D eigenvalue weighted by Crippen LogP contribution is 2.33. The number of carbonyl (C=O) groups is 2. The molecule has 2 rings (SSSR count). The minimum Gasteiger partial charge on any atom is -0.491 e. The molecule has 0 spiro atoms. The molecule has 21 heavy (non-hydrogen) atoms. The van der Waals surface area contributed by atoms with E-state index in [0.29, 0.717) is 31.6 Å². The van der Waals surface area contributed by atoms with Crippen LogP contribution in [-0.4, -0.2) is 23.6 Å². The van der Waals surface area contributed by atoms with Crippen LogP contribution in [-0.2, 0) is 9.59 Å². The number of carboxylic acid groups (broad SMARTS) is 1. The minimum atomic E-state index is -0.953. The van der Waals surface area contributed by atoms with Crippen molar-refractivity contribution in [1.82, 2.24) is 0 Å². The van der Waals surface area contributed by atoms with Gasteiger partial charge in [-0.3, -0.25) is 9.59 Å². The fourth-order valence-electron chi connectivity index (χ4n) is 2.66. The Morgan fingerprint density at radius 1 is 1.38 bits per heavy atom. The summed E-state index contributed by atoms with van der Waals surface area (Å²) in [5, 5.41) is 11.7. The molecule has 0 aromatic heterocycles. The fourth-order valence-corrected chi connectivity index (χ4v) is 2.66. The van der Waals surface area contributed by atoms with Crippen LogP contribution in [0.25, 0.3) is 0 Å². The van der Waals surface area contributed by atoms with E-state index in [4.69, 9.17) is 9.84 Å². The number of carbonyl (C=O) groups excluding carboxylic acids is 1. The Kier molecular flexibility index (Phi) is 4.77. The van der Waals surface area contributed by atoms with E-state index in [9.17, 15) is 14.0 Å². The topological polar surface area (TPSA) is 75.6 Å². The van der Waals surface area contributed by atoms with Crippen LogP contribution in [0.1, 0.15) is 26.2 Å². The van der Waals surface area contributed by atoms with Gasteiger partial charge >= 0.3 is 5.97 Å². The van der Waals surface area contributed by atoms with Crippen molar-refractivity contribution >= 4 is 17.6 Å². The minimum absolute atomic E-state index is 0.125. The number of nitrogens with one attached hydrogen (secondary N) is 1. The highest BCUT2D eigenvalue weighted by Gasteiger charge is 2.37. The first-order chi connectivity index (χ1) is 10.0. The van der Waals surface area contributed by atoms with Crippen molar-refractivity contribution in [2.45, 2.75) is 26.2 Å². The van der Waals surface area contributed by atoms with Gasteiger partial charge < -0.3 is 15.2 Å². The quantitative estimate of drug-likeness (QED) is 0.875. The van der Waals surface area contributed by atoms with Crippen LogP contribution in [0.15, 0.2) is 18.2 Å². The van der Waals surface area contributed by atoms with Crippen LogP contribution in [0, 0.1) is 17.7 Å². The second kappa shape index (κ2) is 6.56. The van der Waals surface area contributed by atoms with Gasteiger partial charge in [0.2, 0.25) is 5.91 Å². The summed E-state index contributed by atoms with van der Waals surface area (Å²) in [5.41, 5.74) is 0.303. The number of hydrogen-bond acceptors (Lipinski definition) is 3. The molecule has 2 atom stereocenters. The molecule has 0 heterocycles. The summed E-state index contributed by atoms with van der Waals surface area (Å²) in [6.45, 7) is 2.10. The summed E-state index contributed by atoms with van der Waals surface area (Å²) in [5.74, 6) is -2.97. The molecule has 1 aromatic carbocycles. The van der Waals surface area contributed by atoms with Gasteiger partial charge in [0.15, 0.2) is 11.6 Å². The molecule has 0 saturated heterocycles. The van der Waals surface area contributed by atoms with Gasteiger partial charge in [0, 0.05) is 11.8 Å². The molecule has 0 aliphatic heterocycles. The zero-order chi connectivity index (χ0) is 15.4. The third-order valence-electron chi connectivity index (χ3n) is 3.67. The molecule has 1 aliphatic carbocycles. The molecule has 5 nitrogen and oxygen atoms in total. The van der Waals surface area contributed by atoms with E-state index in [2.05, 4.69) is 5.32 Å². The smallest absolute Gasteiger partial charge is 0.307 e. The number of ether oxygens (including phenoxy) is 1. The van der Waals surface area contributed by atoms with Crippen molar-refractivity contribution in [3.63, 3.8) is 0 Å². The maximum absolute atomic E-state index is 13.7. The molecule has 1 aromatic rings. The molecular formula is C15H18FNO4. The standard InChI is InChI=1S/C15H18FNO4/c1-2-21-13-7-6-9(8-12(13)16)17-14(18)10-4-3-5-11(10)15(19)20/h6-8,10-11H,2-5H2,1H3,(H,17,18)(H,19,20). The summed E-state index contributed by atoms with van der Waals surface area (Å²) in [6, 6.07) is 4.15. The van der Waals surface area contributed by atoms with E-state index in [1.165, 1.54) is 18.2 Å². The number of aliphatic carboxylic acids is 1. The maximum Gasteiger partial charge on any atom is 0.307 e. The Morgan fingerprint density at radius 3 is 2.71 bits per heavy atom. The summed E-state index contributed by atoms with van der Waals surface area (Å²) in [6.07, 6.45) is 1.76. The summed E-state index contributed by atoms with van der Waals surface area (Å²) < 4.78 is 18.8. The first kappa shape index (κ1) is 15.3. The maximum atomic E-state index is 13.7. The Bertz CT molecular complexity index is 546. The van der Waals surface area contributed by atoms with E-state index in [1.807, 2.05) is 0 Å². The Balaban J connectivity index is 2.06. The van der Waals surface area contributed by atoms with E-state index < -0.39 is 23.6 Å². The Labute approximate surface area is 122 Å². The van der Waals surface area contributed by atoms with Gasteiger partial charge in [-0.25, -0.2) is 4.39 Å². The van der Waals surface area contributed by atoms with E-state index in [-0.39, 0.29) is 11.7 Å². The van der Waals surface area contributed by atoms with Gasteiger partial charge in [-0.15, -0.1) is 0 Å². The first-order valence-electron chi connectivity index (χ1n) is 6.99. The highest BCUT2D eigenvalue weighted by atomic mass is 19.1. The van der Waals surface area contributed by atoms with Crippen molar-refractivity contribution in [2.24, 2.45) is 11.8 Å². The van der Waals surface area contributed by atoms with E-state index in [0.717, 1.165) is 0 Å². The number of halogens is 1. The summed E-state index contributed by atoms with van der Waals surface area (Å²) >= 11 is 0. The molecule has 1 aliphatic rings. The molecule has 1 saturated carbocycles. The third kappa shape index (κ3) is 3.51. The molecule has 1 fully saturated rings. The third-order valence-corrected chi connectivity index (χ3v) is 3.67. The largest absolute Gasteiger partial charge is 0.491 e. The SMILES string of the molecule is CCOc1ccc(NC(=O)C2CCCC2C(=O)O)cc1F. The van der Waals surface area contributed by atoms with Crippen molar-refractivity contribution in [2.75, 3.05) is 11.9 Å². The lowest BCUT2D eigenvalue weighted by atomic mass is 9.95. The second-order valence-corrected chi connectivity index (χ2v) is 5.05. The van der Waals surface area contributed by atoms with Crippen LogP contribution in [0.3, 0.4) is 0 Å². The molecule has 0 radical (unpaired) electrons. The van der Waals surface area contributed by atoms with Gasteiger partial charge in [0.05, 0.1) is 18.4 Å². The predicted octanol–water partition coefficient (Wildman–Crippen LogP) is 2.66. The van der Waals surface area contributed by atoms with Crippen LogP contribution < -0.4 is 10.1 Å². The van der Waals surface area contributed by atoms with Crippen molar-refractivity contribution < 1.29 is 23.8 Å².